The molecule has 6 heteroatoms. The Morgan fingerprint density at radius 1 is 1.36 bits per heavy atom. The summed E-state index contributed by atoms with van der Waals surface area (Å²) in [5, 5.41) is 10.1. The number of rotatable bonds is 9. The van der Waals surface area contributed by atoms with Crippen molar-refractivity contribution in [2.24, 2.45) is 4.99 Å². The molecule has 0 saturated heterocycles. The van der Waals surface area contributed by atoms with Crippen molar-refractivity contribution in [3.05, 3.63) is 16.1 Å². The molecule has 1 atom stereocenters. The van der Waals surface area contributed by atoms with E-state index in [1.54, 1.807) is 11.3 Å². The van der Waals surface area contributed by atoms with Crippen LogP contribution in [0.25, 0.3) is 0 Å². The molecule has 0 radical (unpaired) electrons. The number of nitrogens with zero attached hydrogens (tertiary/aromatic N) is 2. The quantitative estimate of drug-likeness (QED) is 0.264. The number of hydrogen-bond donors (Lipinski definition) is 2. The van der Waals surface area contributed by atoms with Crippen LogP contribution in [0.15, 0.2) is 10.4 Å². The lowest BCUT2D eigenvalue weighted by Crippen LogP contribution is -2.42. The van der Waals surface area contributed by atoms with E-state index in [-0.39, 0.29) is 24.0 Å². The second-order valence-corrected chi connectivity index (χ2v) is 6.47. The molecule has 1 aromatic heterocycles. The summed E-state index contributed by atoms with van der Waals surface area (Å²) in [6, 6.07) is 0.468. The minimum Gasteiger partial charge on any atom is -0.357 e. The smallest absolute Gasteiger partial charge is 0.191 e. The van der Waals surface area contributed by atoms with Gasteiger partial charge in [-0.25, -0.2) is 4.98 Å². The van der Waals surface area contributed by atoms with E-state index < -0.39 is 0 Å². The fourth-order valence-corrected chi connectivity index (χ4v) is 2.78. The van der Waals surface area contributed by atoms with E-state index in [2.05, 4.69) is 46.8 Å². The largest absolute Gasteiger partial charge is 0.357 e. The average Bonchev–Trinajstić information content (AvgIpc) is 2.85. The first-order valence-electron chi connectivity index (χ1n) is 8.11. The first kappa shape index (κ1) is 21.6. The topological polar surface area (TPSA) is 49.3 Å². The van der Waals surface area contributed by atoms with Gasteiger partial charge in [-0.2, -0.15) is 0 Å². The van der Waals surface area contributed by atoms with Crippen LogP contribution in [-0.2, 0) is 6.42 Å². The molecule has 0 aliphatic rings. The molecule has 1 rings (SSSR count). The molecule has 0 amide bonds. The summed E-state index contributed by atoms with van der Waals surface area (Å²) in [6.45, 7) is 10.3. The Kier molecular flexibility index (Phi) is 12.9. The van der Waals surface area contributed by atoms with Gasteiger partial charge in [-0.05, 0) is 27.2 Å². The first-order chi connectivity index (χ1) is 10.2. The van der Waals surface area contributed by atoms with Gasteiger partial charge < -0.3 is 10.6 Å². The molecule has 22 heavy (non-hydrogen) atoms. The predicted octanol–water partition coefficient (Wildman–Crippen LogP) is 4.14. The Labute approximate surface area is 156 Å². The van der Waals surface area contributed by atoms with Gasteiger partial charge in [0.2, 0.25) is 0 Å². The highest BCUT2D eigenvalue weighted by molar-refractivity contribution is 14.0. The zero-order valence-corrected chi connectivity index (χ0v) is 17.5. The zero-order valence-electron chi connectivity index (χ0n) is 14.3. The van der Waals surface area contributed by atoms with Crippen molar-refractivity contribution in [2.75, 3.05) is 13.1 Å². The van der Waals surface area contributed by atoms with Crippen molar-refractivity contribution in [2.45, 2.75) is 65.8 Å². The molecule has 1 heterocycles. The van der Waals surface area contributed by atoms with Crippen LogP contribution in [0.2, 0.25) is 0 Å². The molecular formula is C16H31IN4S. The lowest BCUT2D eigenvalue weighted by Gasteiger charge is -2.17. The highest BCUT2D eigenvalue weighted by Gasteiger charge is 2.05. The molecule has 0 aromatic carbocycles. The average molecular weight is 438 g/mol. The summed E-state index contributed by atoms with van der Waals surface area (Å²) in [7, 11) is 0. The van der Waals surface area contributed by atoms with Crippen molar-refractivity contribution < 1.29 is 0 Å². The standard InChI is InChI=1S/C16H30N4S.HI/c1-5-7-8-9-13(3)19-16(17-6-2)18-11-10-15-12-21-14(4)20-15;/h12-13H,5-11H2,1-4H3,(H2,17,18,19);1H. The summed E-state index contributed by atoms with van der Waals surface area (Å²) >= 11 is 1.70. The molecule has 1 aromatic rings. The summed E-state index contributed by atoms with van der Waals surface area (Å²) in [4.78, 5) is 9.12. The lowest BCUT2D eigenvalue weighted by atomic mass is 10.1. The molecule has 128 valence electrons. The molecule has 0 spiro atoms. The molecular weight excluding hydrogens is 407 g/mol. The van der Waals surface area contributed by atoms with Crippen LogP contribution in [0.5, 0.6) is 0 Å². The number of unbranched alkanes of at least 4 members (excludes halogenated alkanes) is 2. The minimum absolute atomic E-state index is 0. The van der Waals surface area contributed by atoms with Crippen molar-refractivity contribution in [1.82, 2.24) is 15.6 Å². The van der Waals surface area contributed by atoms with Crippen molar-refractivity contribution in [3.8, 4) is 0 Å². The number of thiazole rings is 1. The molecule has 0 fully saturated rings. The Morgan fingerprint density at radius 3 is 2.73 bits per heavy atom. The van der Waals surface area contributed by atoms with Crippen molar-refractivity contribution in [3.63, 3.8) is 0 Å². The maximum absolute atomic E-state index is 4.65. The van der Waals surface area contributed by atoms with Crippen LogP contribution < -0.4 is 10.6 Å². The maximum Gasteiger partial charge on any atom is 0.191 e. The van der Waals surface area contributed by atoms with Crippen LogP contribution in [0.3, 0.4) is 0 Å². The van der Waals surface area contributed by atoms with Crippen molar-refractivity contribution in [1.29, 1.82) is 0 Å². The Bertz CT molecular complexity index is 420. The molecule has 0 saturated carbocycles. The number of halogens is 1. The van der Waals surface area contributed by atoms with Gasteiger partial charge in [0.1, 0.15) is 0 Å². The van der Waals surface area contributed by atoms with Crippen LogP contribution in [0.4, 0.5) is 0 Å². The van der Waals surface area contributed by atoms with E-state index in [1.165, 1.54) is 25.7 Å². The third kappa shape index (κ3) is 9.61. The lowest BCUT2D eigenvalue weighted by molar-refractivity contribution is 0.547. The number of hydrogen-bond acceptors (Lipinski definition) is 3. The third-order valence-electron chi connectivity index (χ3n) is 3.27. The minimum atomic E-state index is 0. The summed E-state index contributed by atoms with van der Waals surface area (Å²) < 4.78 is 0. The van der Waals surface area contributed by atoms with Crippen molar-refractivity contribution >= 4 is 41.3 Å². The molecule has 0 bridgehead atoms. The van der Waals surface area contributed by atoms with E-state index >= 15 is 0 Å². The summed E-state index contributed by atoms with van der Waals surface area (Å²) in [6.07, 6.45) is 5.97. The molecule has 0 aliphatic heterocycles. The monoisotopic (exact) mass is 438 g/mol. The molecule has 1 unspecified atom stereocenters. The Morgan fingerprint density at radius 2 is 2.14 bits per heavy atom. The van der Waals surface area contributed by atoms with Gasteiger partial charge in [0.15, 0.2) is 5.96 Å². The van der Waals surface area contributed by atoms with Gasteiger partial charge in [0.25, 0.3) is 0 Å². The predicted molar refractivity (Wildman–Crippen MR) is 109 cm³/mol. The van der Waals surface area contributed by atoms with E-state index in [0.717, 1.165) is 36.2 Å². The van der Waals surface area contributed by atoms with Gasteiger partial charge in [0, 0.05) is 30.9 Å². The first-order valence-corrected chi connectivity index (χ1v) is 8.99. The van der Waals surface area contributed by atoms with Crippen LogP contribution in [-0.4, -0.2) is 30.1 Å². The van der Waals surface area contributed by atoms with Gasteiger partial charge >= 0.3 is 0 Å². The second-order valence-electron chi connectivity index (χ2n) is 5.41. The highest BCUT2D eigenvalue weighted by atomic mass is 127. The highest BCUT2D eigenvalue weighted by Crippen LogP contribution is 2.08. The van der Waals surface area contributed by atoms with Crippen LogP contribution in [0, 0.1) is 6.92 Å². The molecule has 0 aliphatic carbocycles. The third-order valence-corrected chi connectivity index (χ3v) is 4.09. The van der Waals surface area contributed by atoms with Gasteiger partial charge in [-0.3, -0.25) is 4.99 Å². The Balaban J connectivity index is 0.00000441. The number of aromatic nitrogens is 1. The van der Waals surface area contributed by atoms with Gasteiger partial charge in [0.05, 0.1) is 10.7 Å². The van der Waals surface area contributed by atoms with Gasteiger partial charge in [-0.15, -0.1) is 35.3 Å². The van der Waals surface area contributed by atoms with E-state index in [0.29, 0.717) is 6.04 Å². The van der Waals surface area contributed by atoms with E-state index in [9.17, 15) is 0 Å². The van der Waals surface area contributed by atoms with Crippen LogP contribution in [0.1, 0.15) is 57.2 Å². The fourth-order valence-electron chi connectivity index (χ4n) is 2.13. The zero-order chi connectivity index (χ0) is 15.5. The van der Waals surface area contributed by atoms with E-state index in [4.69, 9.17) is 0 Å². The normalized spacial score (nSPS) is 12.6. The number of guanidine groups is 1. The number of aryl methyl sites for hydroxylation is 1. The van der Waals surface area contributed by atoms with E-state index in [1.807, 2.05) is 6.92 Å². The maximum atomic E-state index is 4.65. The summed E-state index contributed by atoms with van der Waals surface area (Å²) in [5.74, 6) is 0.924. The SMILES string of the molecule is CCCCCC(C)NC(=NCCc1csc(C)n1)NCC.I. The van der Waals surface area contributed by atoms with Crippen LogP contribution >= 0.6 is 35.3 Å². The second kappa shape index (κ2) is 13.1. The fraction of sp³-hybridized carbons (Fsp3) is 0.750. The number of aliphatic imine (C=N–C) groups is 1. The number of nitrogens with one attached hydrogen (secondary N) is 2. The molecule has 4 nitrogen and oxygen atoms in total. The summed E-state index contributed by atoms with van der Waals surface area (Å²) in [5.41, 5.74) is 1.15. The van der Waals surface area contributed by atoms with Gasteiger partial charge in [-0.1, -0.05) is 26.2 Å². The molecule has 2 N–H and O–H groups in total. The Hall–Kier alpha value is -0.370.